The fraction of sp³-hybridized carbons (Fsp3) is 0.150. The number of methoxy groups -OCH3 is 1. The van der Waals surface area contributed by atoms with Crippen LogP contribution >= 0.6 is 0 Å². The van der Waals surface area contributed by atoms with Gasteiger partial charge in [-0.3, -0.25) is 15.1 Å². The van der Waals surface area contributed by atoms with Gasteiger partial charge in [0.2, 0.25) is 0 Å². The third kappa shape index (κ3) is 3.09. The zero-order chi connectivity index (χ0) is 19.0. The van der Waals surface area contributed by atoms with Crippen molar-refractivity contribution in [3.8, 4) is 11.5 Å². The second-order valence-corrected chi connectivity index (χ2v) is 6.30. The van der Waals surface area contributed by atoms with Gasteiger partial charge in [-0.25, -0.2) is 0 Å². The van der Waals surface area contributed by atoms with Gasteiger partial charge in [-0.1, -0.05) is 0 Å². The van der Waals surface area contributed by atoms with Gasteiger partial charge >= 0.3 is 0 Å². The van der Waals surface area contributed by atoms with Gasteiger partial charge < -0.3 is 14.5 Å². The summed E-state index contributed by atoms with van der Waals surface area (Å²) in [5.41, 5.74) is 3.65. The van der Waals surface area contributed by atoms with Crippen LogP contribution in [0.15, 0.2) is 48.8 Å². The molecule has 0 aliphatic heterocycles. The maximum atomic E-state index is 10.9. The van der Waals surface area contributed by atoms with Gasteiger partial charge in [0.25, 0.3) is 5.69 Å². The van der Waals surface area contributed by atoms with Gasteiger partial charge in [0.1, 0.15) is 11.5 Å². The molecule has 4 aromatic rings. The highest BCUT2D eigenvalue weighted by Gasteiger charge is 2.13. The van der Waals surface area contributed by atoms with E-state index in [4.69, 9.17) is 9.47 Å². The number of aryl methyl sites for hydroxylation is 1. The van der Waals surface area contributed by atoms with Crippen LogP contribution in [-0.2, 0) is 11.3 Å². The van der Waals surface area contributed by atoms with E-state index in [1.165, 1.54) is 12.1 Å². The molecule has 2 aromatic heterocycles. The van der Waals surface area contributed by atoms with E-state index in [1.54, 1.807) is 32.5 Å². The van der Waals surface area contributed by atoms with Gasteiger partial charge in [0.15, 0.2) is 0 Å². The van der Waals surface area contributed by atoms with Crippen molar-refractivity contribution < 1.29 is 14.4 Å². The van der Waals surface area contributed by atoms with E-state index in [9.17, 15) is 10.1 Å². The Hall–Kier alpha value is -3.45. The number of hydrogen-bond donors (Lipinski definition) is 1. The molecule has 0 bridgehead atoms. The highest BCUT2D eigenvalue weighted by molar-refractivity contribution is 6.09. The van der Waals surface area contributed by atoms with Crippen LogP contribution in [0.4, 0.5) is 5.69 Å². The number of nitro benzene ring substituents is 1. The summed E-state index contributed by atoms with van der Waals surface area (Å²) in [7, 11) is 1.65. The molecule has 7 nitrogen and oxygen atoms in total. The van der Waals surface area contributed by atoms with Gasteiger partial charge in [0.05, 0.1) is 23.2 Å². The van der Waals surface area contributed by atoms with Crippen molar-refractivity contribution >= 4 is 27.5 Å². The molecule has 7 heteroatoms. The highest BCUT2D eigenvalue weighted by atomic mass is 16.6. The van der Waals surface area contributed by atoms with Crippen LogP contribution in [0.5, 0.6) is 11.5 Å². The molecule has 0 spiro atoms. The molecule has 4 rings (SSSR count). The number of nitro groups is 1. The van der Waals surface area contributed by atoms with Crippen molar-refractivity contribution in [3.63, 3.8) is 0 Å². The molecule has 0 amide bonds. The number of fused-ring (bicyclic) bond motifs is 3. The van der Waals surface area contributed by atoms with Crippen molar-refractivity contribution in [3.05, 3.63) is 70.0 Å². The van der Waals surface area contributed by atoms with E-state index < -0.39 is 4.92 Å². The predicted molar refractivity (Wildman–Crippen MR) is 102 cm³/mol. The van der Waals surface area contributed by atoms with Crippen molar-refractivity contribution in [1.29, 1.82) is 0 Å². The molecule has 0 aliphatic carbocycles. The van der Waals surface area contributed by atoms with Gasteiger partial charge in [-0.15, -0.1) is 0 Å². The van der Waals surface area contributed by atoms with Crippen LogP contribution in [0.2, 0.25) is 0 Å². The number of nitrogens with one attached hydrogen (secondary N) is 1. The van der Waals surface area contributed by atoms with E-state index in [0.29, 0.717) is 23.7 Å². The van der Waals surface area contributed by atoms with Gasteiger partial charge in [-0.05, 0) is 36.8 Å². The van der Waals surface area contributed by atoms with E-state index >= 15 is 0 Å². The third-order valence-electron chi connectivity index (χ3n) is 4.45. The number of pyridine rings is 1. The van der Waals surface area contributed by atoms with E-state index in [0.717, 1.165) is 27.4 Å². The number of benzene rings is 2. The number of rotatable bonds is 5. The normalized spacial score (nSPS) is 11.2. The summed E-state index contributed by atoms with van der Waals surface area (Å²) in [5.74, 6) is 1.24. The minimum atomic E-state index is -0.417. The lowest BCUT2D eigenvalue weighted by Crippen LogP contribution is -1.92. The molecule has 0 aliphatic rings. The summed E-state index contributed by atoms with van der Waals surface area (Å²) in [6.07, 6.45) is 3.59. The van der Waals surface area contributed by atoms with E-state index in [-0.39, 0.29) is 5.69 Å². The monoisotopic (exact) mass is 363 g/mol. The number of nitrogens with zero attached hydrogens (tertiary/aromatic N) is 2. The van der Waals surface area contributed by atoms with Crippen LogP contribution in [0.1, 0.15) is 11.1 Å². The predicted octanol–water partition coefficient (Wildman–Crippen LogP) is 4.87. The highest BCUT2D eigenvalue weighted by Crippen LogP contribution is 2.34. The molecule has 0 saturated heterocycles. The number of ether oxygens (including phenoxy) is 2. The first-order valence-electron chi connectivity index (χ1n) is 8.37. The maximum Gasteiger partial charge on any atom is 0.269 e. The summed E-state index contributed by atoms with van der Waals surface area (Å²) >= 11 is 0. The second kappa shape index (κ2) is 6.69. The topological polar surface area (TPSA) is 90.3 Å². The lowest BCUT2D eigenvalue weighted by molar-refractivity contribution is -0.384. The molecule has 0 saturated carbocycles. The van der Waals surface area contributed by atoms with Crippen molar-refractivity contribution in [2.45, 2.75) is 13.5 Å². The average molecular weight is 363 g/mol. The number of hydrogen-bond acceptors (Lipinski definition) is 5. The average Bonchev–Trinajstić information content (AvgIpc) is 3.02. The Bertz CT molecular complexity index is 1170. The Labute approximate surface area is 154 Å². The van der Waals surface area contributed by atoms with Crippen molar-refractivity contribution in [2.75, 3.05) is 7.11 Å². The molecule has 1 N–H and O–H groups in total. The Balaban J connectivity index is 1.77. The Morgan fingerprint density at radius 3 is 2.74 bits per heavy atom. The molecule has 2 aromatic carbocycles. The Morgan fingerprint density at radius 2 is 2.00 bits per heavy atom. The van der Waals surface area contributed by atoms with E-state index in [1.807, 2.05) is 18.2 Å². The Morgan fingerprint density at radius 1 is 1.15 bits per heavy atom. The van der Waals surface area contributed by atoms with Crippen LogP contribution < -0.4 is 4.74 Å². The zero-order valence-electron chi connectivity index (χ0n) is 14.9. The lowest BCUT2D eigenvalue weighted by Gasteiger charge is -2.09. The molecular formula is C20H17N3O4. The molecule has 2 heterocycles. The van der Waals surface area contributed by atoms with Crippen LogP contribution in [-0.4, -0.2) is 22.0 Å². The summed E-state index contributed by atoms with van der Waals surface area (Å²) in [6.45, 7) is 2.25. The van der Waals surface area contributed by atoms with Crippen LogP contribution in [0, 0.1) is 17.0 Å². The molecule has 0 fully saturated rings. The number of non-ortho nitro benzene ring substituents is 1. The number of H-pyrrole nitrogens is 1. The minimum absolute atomic E-state index is 0.0450. The molecular weight excluding hydrogens is 346 g/mol. The number of aromatic nitrogens is 2. The fourth-order valence-corrected chi connectivity index (χ4v) is 3.22. The smallest absolute Gasteiger partial charge is 0.269 e. The summed E-state index contributed by atoms with van der Waals surface area (Å²) in [5, 5.41) is 13.0. The molecule has 27 heavy (non-hydrogen) atoms. The molecule has 0 unspecified atom stereocenters. The minimum Gasteiger partial charge on any atom is -0.457 e. The summed E-state index contributed by atoms with van der Waals surface area (Å²) in [4.78, 5) is 18.1. The molecule has 0 atom stereocenters. The maximum absolute atomic E-state index is 10.9. The lowest BCUT2D eigenvalue weighted by atomic mass is 10.1. The summed E-state index contributed by atoms with van der Waals surface area (Å²) in [6, 6.07) is 10.3. The van der Waals surface area contributed by atoms with Crippen molar-refractivity contribution in [2.24, 2.45) is 0 Å². The quantitative estimate of drug-likeness (QED) is 0.403. The second-order valence-electron chi connectivity index (χ2n) is 6.30. The van der Waals surface area contributed by atoms with E-state index in [2.05, 4.69) is 9.97 Å². The standard InChI is InChI=1S/C20H17N3O4/c1-12-7-14(23(24)25)3-6-19(12)27-15-4-5-17-16(8-15)20-13(11-26-2)9-21-10-18(20)22-17/h3-10,22H,11H2,1-2H3. The first kappa shape index (κ1) is 17.0. The fourth-order valence-electron chi connectivity index (χ4n) is 3.22. The van der Waals surface area contributed by atoms with Gasteiger partial charge in [0, 0.05) is 47.3 Å². The molecule has 136 valence electrons. The molecule has 0 radical (unpaired) electrons. The number of aromatic amines is 1. The first-order valence-corrected chi connectivity index (χ1v) is 8.37. The van der Waals surface area contributed by atoms with Crippen molar-refractivity contribution in [1.82, 2.24) is 9.97 Å². The van der Waals surface area contributed by atoms with Crippen LogP contribution in [0.25, 0.3) is 21.8 Å². The zero-order valence-corrected chi connectivity index (χ0v) is 14.9. The third-order valence-corrected chi connectivity index (χ3v) is 4.45. The Kier molecular flexibility index (Phi) is 4.21. The largest absolute Gasteiger partial charge is 0.457 e. The van der Waals surface area contributed by atoms with Crippen LogP contribution in [0.3, 0.4) is 0 Å². The summed E-state index contributed by atoms with van der Waals surface area (Å²) < 4.78 is 11.3. The first-order chi connectivity index (χ1) is 13.1. The SMILES string of the molecule is COCc1cncc2[nH]c3ccc(Oc4ccc([N+](=O)[O-])cc4C)cc3c12. The van der Waals surface area contributed by atoms with Gasteiger partial charge in [-0.2, -0.15) is 0 Å².